The Balaban J connectivity index is 2.33. The summed E-state index contributed by atoms with van der Waals surface area (Å²) >= 11 is 0. The maximum absolute atomic E-state index is 12.8. The highest BCUT2D eigenvalue weighted by molar-refractivity contribution is 5.80. The summed E-state index contributed by atoms with van der Waals surface area (Å²) in [5.41, 5.74) is 0.400. The highest BCUT2D eigenvalue weighted by atomic mass is 16.6. The van der Waals surface area contributed by atoms with Gasteiger partial charge in [0.05, 0.1) is 28.1 Å². The summed E-state index contributed by atoms with van der Waals surface area (Å²) in [6, 6.07) is 13.1. The summed E-state index contributed by atoms with van der Waals surface area (Å²) in [5.74, 6) is 0. The van der Waals surface area contributed by atoms with E-state index in [4.69, 9.17) is 4.74 Å². The molecule has 1 heterocycles. The quantitative estimate of drug-likeness (QED) is 0.546. The largest absolute Gasteiger partial charge is 0.465 e. The van der Waals surface area contributed by atoms with Crippen LogP contribution in [-0.2, 0) is 0 Å². The summed E-state index contributed by atoms with van der Waals surface area (Å²) in [4.78, 5) is 27.4. The van der Waals surface area contributed by atoms with Crippen LogP contribution in [0.1, 0.15) is 6.92 Å². The van der Waals surface area contributed by atoms with Gasteiger partial charge in [0, 0.05) is 12.1 Å². The standard InChI is InChI=1S/C16H13N3O4/c1-2-23-16-17-14-10-12(19(21)22)8-9-13(14)15(20)18(16)11-6-4-3-5-7-11/h3-10H,2H2,1H3. The lowest BCUT2D eigenvalue weighted by Gasteiger charge is -2.12. The molecule has 0 fully saturated rings. The minimum absolute atomic E-state index is 0.108. The summed E-state index contributed by atoms with van der Waals surface area (Å²) in [5, 5.41) is 11.2. The van der Waals surface area contributed by atoms with E-state index in [1.54, 1.807) is 31.2 Å². The van der Waals surface area contributed by atoms with Crippen LogP contribution in [0.25, 0.3) is 16.6 Å². The molecule has 0 unspecified atom stereocenters. The molecule has 7 heteroatoms. The average Bonchev–Trinajstić information content (AvgIpc) is 2.55. The van der Waals surface area contributed by atoms with Crippen LogP contribution in [-0.4, -0.2) is 21.1 Å². The molecule has 23 heavy (non-hydrogen) atoms. The van der Waals surface area contributed by atoms with Gasteiger partial charge in [-0.2, -0.15) is 4.98 Å². The molecule has 0 radical (unpaired) electrons. The Labute approximate surface area is 130 Å². The third kappa shape index (κ3) is 2.64. The van der Waals surface area contributed by atoms with E-state index in [-0.39, 0.29) is 22.8 Å². The summed E-state index contributed by atoms with van der Waals surface area (Å²) in [6.45, 7) is 2.10. The third-order valence-corrected chi connectivity index (χ3v) is 3.32. The molecule has 0 spiro atoms. The van der Waals surface area contributed by atoms with E-state index < -0.39 is 4.92 Å². The Morgan fingerprint density at radius 3 is 2.61 bits per heavy atom. The predicted octanol–water partition coefficient (Wildman–Crippen LogP) is 2.69. The van der Waals surface area contributed by atoms with Crippen LogP contribution in [0.5, 0.6) is 6.01 Å². The van der Waals surface area contributed by atoms with Gasteiger partial charge in [-0.3, -0.25) is 14.9 Å². The molecule has 0 saturated carbocycles. The maximum atomic E-state index is 12.8. The molecule has 7 nitrogen and oxygen atoms in total. The number of nitrogens with zero attached hydrogens (tertiary/aromatic N) is 3. The van der Waals surface area contributed by atoms with Gasteiger partial charge in [-0.25, -0.2) is 4.57 Å². The van der Waals surface area contributed by atoms with Gasteiger partial charge in [0.15, 0.2) is 0 Å². The number of para-hydroxylation sites is 1. The predicted molar refractivity (Wildman–Crippen MR) is 85.2 cm³/mol. The number of aromatic nitrogens is 2. The normalized spacial score (nSPS) is 10.7. The van der Waals surface area contributed by atoms with Crippen molar-refractivity contribution in [1.29, 1.82) is 0 Å². The Hall–Kier alpha value is -3.22. The Morgan fingerprint density at radius 2 is 1.96 bits per heavy atom. The number of nitro groups is 1. The van der Waals surface area contributed by atoms with Gasteiger partial charge in [-0.15, -0.1) is 0 Å². The molecule has 116 valence electrons. The van der Waals surface area contributed by atoms with Crippen molar-refractivity contribution in [3.63, 3.8) is 0 Å². The SMILES string of the molecule is CCOc1nc2cc([N+](=O)[O-])ccc2c(=O)n1-c1ccccc1. The van der Waals surface area contributed by atoms with Crippen LogP contribution >= 0.6 is 0 Å². The number of non-ortho nitro benzene ring substituents is 1. The molecular formula is C16H13N3O4. The number of hydrogen-bond donors (Lipinski definition) is 0. The summed E-state index contributed by atoms with van der Waals surface area (Å²) < 4.78 is 6.82. The first kappa shape index (κ1) is 14.7. The summed E-state index contributed by atoms with van der Waals surface area (Å²) in [7, 11) is 0. The van der Waals surface area contributed by atoms with E-state index in [2.05, 4.69) is 4.98 Å². The second kappa shape index (κ2) is 5.88. The lowest BCUT2D eigenvalue weighted by Crippen LogP contribution is -2.22. The first-order valence-electron chi connectivity index (χ1n) is 7.01. The minimum Gasteiger partial charge on any atom is -0.465 e. The molecular weight excluding hydrogens is 298 g/mol. The number of ether oxygens (including phenoxy) is 1. The van der Waals surface area contributed by atoms with Crippen LogP contribution in [0.15, 0.2) is 53.3 Å². The topological polar surface area (TPSA) is 87.3 Å². The summed E-state index contributed by atoms with van der Waals surface area (Å²) in [6.07, 6.45) is 0. The van der Waals surface area contributed by atoms with Crippen LogP contribution in [0.4, 0.5) is 5.69 Å². The van der Waals surface area contributed by atoms with E-state index in [9.17, 15) is 14.9 Å². The molecule has 0 N–H and O–H groups in total. The van der Waals surface area contributed by atoms with Crippen molar-refractivity contribution in [3.8, 4) is 11.7 Å². The van der Waals surface area contributed by atoms with Crippen LogP contribution in [0.3, 0.4) is 0 Å². The number of fused-ring (bicyclic) bond motifs is 1. The fourth-order valence-electron chi connectivity index (χ4n) is 2.30. The average molecular weight is 311 g/mol. The van der Waals surface area contributed by atoms with E-state index in [1.807, 2.05) is 6.07 Å². The first-order valence-corrected chi connectivity index (χ1v) is 7.01. The molecule has 3 rings (SSSR count). The highest BCUT2D eigenvalue weighted by Gasteiger charge is 2.16. The molecule has 0 bridgehead atoms. The fraction of sp³-hybridized carbons (Fsp3) is 0.125. The van der Waals surface area contributed by atoms with Gasteiger partial charge in [0.1, 0.15) is 0 Å². The van der Waals surface area contributed by atoms with Crippen molar-refractivity contribution in [2.75, 3.05) is 6.61 Å². The van der Waals surface area contributed by atoms with Gasteiger partial charge in [0.25, 0.3) is 11.2 Å². The number of rotatable bonds is 4. The Bertz CT molecular complexity index is 935. The van der Waals surface area contributed by atoms with E-state index >= 15 is 0 Å². The maximum Gasteiger partial charge on any atom is 0.304 e. The highest BCUT2D eigenvalue weighted by Crippen LogP contribution is 2.21. The molecule has 0 aliphatic heterocycles. The fourth-order valence-corrected chi connectivity index (χ4v) is 2.30. The van der Waals surface area contributed by atoms with E-state index in [0.717, 1.165) is 0 Å². The van der Waals surface area contributed by atoms with Gasteiger partial charge in [0.2, 0.25) is 0 Å². The molecule has 0 saturated heterocycles. The van der Waals surface area contributed by atoms with Crippen molar-refractivity contribution in [1.82, 2.24) is 9.55 Å². The molecule has 0 aliphatic carbocycles. The zero-order valence-electron chi connectivity index (χ0n) is 12.3. The first-order chi connectivity index (χ1) is 11.1. The van der Waals surface area contributed by atoms with Gasteiger partial charge in [-0.05, 0) is 25.1 Å². The minimum atomic E-state index is -0.524. The molecule has 0 aliphatic rings. The van der Waals surface area contributed by atoms with Crippen LogP contribution in [0.2, 0.25) is 0 Å². The second-order valence-corrected chi connectivity index (χ2v) is 4.76. The molecule has 0 amide bonds. The van der Waals surface area contributed by atoms with Crippen LogP contribution < -0.4 is 10.3 Å². The van der Waals surface area contributed by atoms with E-state index in [1.165, 1.54) is 22.8 Å². The number of hydrogen-bond acceptors (Lipinski definition) is 5. The zero-order valence-corrected chi connectivity index (χ0v) is 12.3. The molecule has 2 aromatic carbocycles. The Morgan fingerprint density at radius 1 is 1.22 bits per heavy atom. The van der Waals surface area contributed by atoms with Crippen molar-refractivity contribution >= 4 is 16.6 Å². The van der Waals surface area contributed by atoms with Gasteiger partial charge >= 0.3 is 6.01 Å². The van der Waals surface area contributed by atoms with Crippen molar-refractivity contribution < 1.29 is 9.66 Å². The zero-order chi connectivity index (χ0) is 16.4. The number of nitro benzene ring substituents is 1. The van der Waals surface area contributed by atoms with E-state index in [0.29, 0.717) is 17.7 Å². The molecule has 3 aromatic rings. The third-order valence-electron chi connectivity index (χ3n) is 3.32. The molecule has 1 aromatic heterocycles. The van der Waals surface area contributed by atoms with Crippen molar-refractivity contribution in [2.45, 2.75) is 6.92 Å². The lowest BCUT2D eigenvalue weighted by atomic mass is 10.2. The monoisotopic (exact) mass is 311 g/mol. The smallest absolute Gasteiger partial charge is 0.304 e. The van der Waals surface area contributed by atoms with Crippen molar-refractivity contribution in [3.05, 3.63) is 69.0 Å². The second-order valence-electron chi connectivity index (χ2n) is 4.76. The lowest BCUT2D eigenvalue weighted by molar-refractivity contribution is -0.384. The number of benzene rings is 2. The van der Waals surface area contributed by atoms with Gasteiger partial charge < -0.3 is 4.74 Å². The Kier molecular flexibility index (Phi) is 3.76. The van der Waals surface area contributed by atoms with Gasteiger partial charge in [-0.1, -0.05) is 18.2 Å². The molecule has 0 atom stereocenters. The van der Waals surface area contributed by atoms with Crippen LogP contribution in [0, 0.1) is 10.1 Å². The van der Waals surface area contributed by atoms with Crippen molar-refractivity contribution in [2.24, 2.45) is 0 Å².